The Labute approximate surface area is 99.6 Å². The van der Waals surface area contributed by atoms with E-state index in [9.17, 15) is 22.8 Å². The summed E-state index contributed by atoms with van der Waals surface area (Å²) in [5.41, 5.74) is -0.665. The molecule has 8 heteroatoms. The third-order valence-corrected chi connectivity index (χ3v) is 1.77. The van der Waals surface area contributed by atoms with Gasteiger partial charge in [-0.3, -0.25) is 0 Å². The molecule has 0 saturated heterocycles. The molecular formula is C9H8ClF3O4. The molecule has 0 aromatic carbocycles. The van der Waals surface area contributed by atoms with Crippen molar-refractivity contribution in [3.8, 4) is 0 Å². The molecule has 0 N–H and O–H groups in total. The van der Waals surface area contributed by atoms with Crippen molar-refractivity contribution in [2.45, 2.75) is 6.18 Å². The number of esters is 2. The van der Waals surface area contributed by atoms with Crippen molar-refractivity contribution < 1.29 is 32.2 Å². The molecule has 0 aliphatic heterocycles. The molecule has 0 radical (unpaired) electrons. The van der Waals surface area contributed by atoms with E-state index in [-0.39, 0.29) is 6.08 Å². The molecule has 0 atom stereocenters. The second kappa shape index (κ2) is 6.29. The minimum absolute atomic E-state index is 0.282. The lowest BCUT2D eigenvalue weighted by Crippen LogP contribution is -2.11. The average molecular weight is 273 g/mol. The molecule has 0 aromatic heterocycles. The highest BCUT2D eigenvalue weighted by Crippen LogP contribution is 2.29. The zero-order chi connectivity index (χ0) is 13.6. The topological polar surface area (TPSA) is 52.6 Å². The monoisotopic (exact) mass is 272 g/mol. The molecule has 0 saturated carbocycles. The van der Waals surface area contributed by atoms with Crippen molar-refractivity contribution in [3.63, 3.8) is 0 Å². The second-order valence-electron chi connectivity index (χ2n) is 2.60. The van der Waals surface area contributed by atoms with Gasteiger partial charge in [0.25, 0.3) is 0 Å². The number of methoxy groups -OCH3 is 2. The highest BCUT2D eigenvalue weighted by Gasteiger charge is 2.33. The summed E-state index contributed by atoms with van der Waals surface area (Å²) in [7, 11) is 1.95. The summed E-state index contributed by atoms with van der Waals surface area (Å²) in [4.78, 5) is 21.9. The molecule has 0 aliphatic rings. The van der Waals surface area contributed by atoms with E-state index in [1.54, 1.807) is 0 Å². The fraction of sp³-hybridized carbons (Fsp3) is 0.333. The first-order chi connectivity index (χ1) is 7.72. The van der Waals surface area contributed by atoms with E-state index in [2.05, 4.69) is 9.47 Å². The number of alkyl halides is 3. The van der Waals surface area contributed by atoms with Gasteiger partial charge in [0.1, 0.15) is 5.03 Å². The summed E-state index contributed by atoms with van der Waals surface area (Å²) in [6.45, 7) is 0. The number of rotatable bonds is 3. The SMILES string of the molecule is COC(=O)/C=C(\C=C(Cl)C(F)(F)F)C(=O)OC. The predicted molar refractivity (Wildman–Crippen MR) is 52.1 cm³/mol. The molecule has 0 rings (SSSR count). The van der Waals surface area contributed by atoms with Gasteiger partial charge >= 0.3 is 18.1 Å². The minimum atomic E-state index is -4.81. The van der Waals surface area contributed by atoms with Gasteiger partial charge < -0.3 is 9.47 Å². The Morgan fingerprint density at radius 3 is 2.00 bits per heavy atom. The van der Waals surface area contributed by atoms with Crippen molar-refractivity contribution in [2.24, 2.45) is 0 Å². The van der Waals surface area contributed by atoms with E-state index in [1.165, 1.54) is 0 Å². The number of halogens is 4. The summed E-state index contributed by atoms with van der Waals surface area (Å²) in [6, 6.07) is 0. The molecule has 0 bridgehead atoms. The standard InChI is InChI=1S/C9H8ClF3O4/c1-16-7(14)4-5(8(15)17-2)3-6(10)9(11,12)13/h3-4H,1-2H3/b5-4+,6-3?. The molecule has 0 fully saturated rings. The highest BCUT2D eigenvalue weighted by molar-refractivity contribution is 6.30. The van der Waals surface area contributed by atoms with Crippen LogP contribution in [-0.4, -0.2) is 32.3 Å². The van der Waals surface area contributed by atoms with Crippen LogP contribution < -0.4 is 0 Å². The smallest absolute Gasteiger partial charge is 0.426 e. The Kier molecular flexibility index (Phi) is 5.73. The number of ether oxygens (including phenoxy) is 2. The van der Waals surface area contributed by atoms with Crippen LogP contribution in [0.5, 0.6) is 0 Å². The third kappa shape index (κ3) is 5.39. The first-order valence-corrected chi connectivity index (χ1v) is 4.42. The first-order valence-electron chi connectivity index (χ1n) is 4.04. The number of carbonyl (C=O) groups is 2. The van der Waals surface area contributed by atoms with Gasteiger partial charge in [0, 0.05) is 6.08 Å². The summed E-state index contributed by atoms with van der Waals surface area (Å²) in [5, 5.41) is -1.56. The van der Waals surface area contributed by atoms with Gasteiger partial charge in [0.05, 0.1) is 19.8 Å². The van der Waals surface area contributed by atoms with E-state index in [0.29, 0.717) is 6.08 Å². The van der Waals surface area contributed by atoms with Crippen LogP contribution in [0.25, 0.3) is 0 Å². The van der Waals surface area contributed by atoms with Crippen molar-refractivity contribution in [1.29, 1.82) is 0 Å². The van der Waals surface area contributed by atoms with Gasteiger partial charge in [-0.2, -0.15) is 13.2 Å². The Bertz CT molecular complexity index is 371. The van der Waals surface area contributed by atoms with Crippen LogP contribution in [0.3, 0.4) is 0 Å². The van der Waals surface area contributed by atoms with Crippen molar-refractivity contribution in [1.82, 2.24) is 0 Å². The predicted octanol–water partition coefficient (Wildman–Crippen LogP) is 1.94. The number of hydrogen-bond donors (Lipinski definition) is 0. The molecule has 0 spiro atoms. The second-order valence-corrected chi connectivity index (χ2v) is 3.01. The normalized spacial score (nSPS) is 13.3. The summed E-state index contributed by atoms with van der Waals surface area (Å²) in [6.07, 6.45) is -3.99. The number of hydrogen-bond acceptors (Lipinski definition) is 4. The average Bonchev–Trinajstić information content (AvgIpc) is 2.25. The van der Waals surface area contributed by atoms with Gasteiger partial charge in [-0.15, -0.1) is 0 Å². The van der Waals surface area contributed by atoms with E-state index >= 15 is 0 Å². The Morgan fingerprint density at radius 2 is 1.65 bits per heavy atom. The van der Waals surface area contributed by atoms with E-state index in [4.69, 9.17) is 11.6 Å². The molecule has 0 aromatic rings. The molecular weight excluding hydrogens is 265 g/mol. The summed E-state index contributed by atoms with van der Waals surface area (Å²) < 4.78 is 44.7. The quantitative estimate of drug-likeness (QED) is 0.448. The Hall–Kier alpha value is -1.50. The maximum atomic E-state index is 12.1. The molecule has 0 amide bonds. The van der Waals surface area contributed by atoms with Crippen LogP contribution in [0.15, 0.2) is 22.8 Å². The van der Waals surface area contributed by atoms with Crippen LogP contribution in [0, 0.1) is 0 Å². The molecule has 0 aliphatic carbocycles. The molecule has 4 nitrogen and oxygen atoms in total. The van der Waals surface area contributed by atoms with E-state index < -0.39 is 28.7 Å². The number of allylic oxidation sites excluding steroid dienone is 1. The van der Waals surface area contributed by atoms with E-state index in [0.717, 1.165) is 14.2 Å². The van der Waals surface area contributed by atoms with Gasteiger partial charge in [-0.1, -0.05) is 11.6 Å². The van der Waals surface area contributed by atoms with Crippen molar-refractivity contribution >= 4 is 23.5 Å². The Balaban J connectivity index is 5.30. The van der Waals surface area contributed by atoms with E-state index in [1.807, 2.05) is 0 Å². The zero-order valence-corrected chi connectivity index (χ0v) is 9.56. The third-order valence-electron chi connectivity index (χ3n) is 1.45. The first kappa shape index (κ1) is 15.5. The van der Waals surface area contributed by atoms with Gasteiger partial charge in [0.15, 0.2) is 0 Å². The van der Waals surface area contributed by atoms with Crippen molar-refractivity contribution in [2.75, 3.05) is 14.2 Å². The molecule has 96 valence electrons. The van der Waals surface area contributed by atoms with Gasteiger partial charge in [-0.05, 0) is 6.08 Å². The lowest BCUT2D eigenvalue weighted by molar-refractivity contribution is -0.138. The van der Waals surface area contributed by atoms with Crippen molar-refractivity contribution in [3.05, 3.63) is 22.8 Å². The summed E-state index contributed by atoms with van der Waals surface area (Å²) >= 11 is 4.91. The molecule has 17 heavy (non-hydrogen) atoms. The molecule has 0 heterocycles. The zero-order valence-electron chi connectivity index (χ0n) is 8.80. The maximum Gasteiger partial charge on any atom is 0.426 e. The molecule has 0 unspecified atom stereocenters. The fourth-order valence-corrected chi connectivity index (χ4v) is 0.799. The fourth-order valence-electron chi connectivity index (χ4n) is 0.682. The largest absolute Gasteiger partial charge is 0.466 e. The van der Waals surface area contributed by atoms with Crippen LogP contribution in [0.1, 0.15) is 0 Å². The van der Waals surface area contributed by atoms with Crippen LogP contribution in [-0.2, 0) is 19.1 Å². The van der Waals surface area contributed by atoms with Crippen LogP contribution in [0.2, 0.25) is 0 Å². The maximum absolute atomic E-state index is 12.1. The highest BCUT2D eigenvalue weighted by atomic mass is 35.5. The van der Waals surface area contributed by atoms with Gasteiger partial charge in [0.2, 0.25) is 0 Å². The lowest BCUT2D eigenvalue weighted by atomic mass is 10.2. The van der Waals surface area contributed by atoms with Crippen LogP contribution >= 0.6 is 11.6 Å². The number of carbonyl (C=O) groups excluding carboxylic acids is 2. The Morgan fingerprint density at radius 1 is 1.12 bits per heavy atom. The van der Waals surface area contributed by atoms with Gasteiger partial charge in [-0.25, -0.2) is 9.59 Å². The lowest BCUT2D eigenvalue weighted by Gasteiger charge is -2.05. The van der Waals surface area contributed by atoms with Crippen LogP contribution in [0.4, 0.5) is 13.2 Å². The summed E-state index contributed by atoms with van der Waals surface area (Å²) in [5.74, 6) is -2.15. The minimum Gasteiger partial charge on any atom is -0.466 e.